The number of hydrogen-bond donors (Lipinski definition) is 3. The van der Waals surface area contributed by atoms with E-state index in [1.165, 1.54) is 0 Å². The Balaban J connectivity index is 2.73. The summed E-state index contributed by atoms with van der Waals surface area (Å²) < 4.78 is 36.3. The zero-order chi connectivity index (χ0) is 15.3. The lowest BCUT2D eigenvalue weighted by Gasteiger charge is -2.12. The second-order valence-electron chi connectivity index (χ2n) is 3.62. The highest BCUT2D eigenvalue weighted by molar-refractivity contribution is 8.00. The van der Waals surface area contributed by atoms with Crippen molar-refractivity contribution in [2.75, 3.05) is 6.61 Å². The lowest BCUT2D eigenvalue weighted by atomic mass is 10.2. The van der Waals surface area contributed by atoms with Crippen molar-refractivity contribution in [1.29, 1.82) is 0 Å². The number of thioether (sulfide) groups is 1. The fraction of sp³-hybridized carbons (Fsp3) is 0.273. The van der Waals surface area contributed by atoms with Crippen molar-refractivity contribution in [3.63, 3.8) is 0 Å². The van der Waals surface area contributed by atoms with Crippen molar-refractivity contribution in [1.82, 2.24) is 5.32 Å². The van der Waals surface area contributed by atoms with Crippen LogP contribution in [0.25, 0.3) is 0 Å². The number of aliphatic hydroxyl groups is 1. The molecule has 1 rings (SSSR count). The molecule has 1 aromatic carbocycles. The minimum atomic E-state index is -4.42. The lowest BCUT2D eigenvalue weighted by Crippen LogP contribution is -2.43. The van der Waals surface area contributed by atoms with Gasteiger partial charge in [-0.2, -0.15) is 13.2 Å². The number of alkyl halides is 3. The first-order valence-corrected chi connectivity index (χ1v) is 6.05. The Morgan fingerprint density at radius 3 is 2.20 bits per heavy atom. The number of nitrogens with one attached hydrogen (secondary N) is 1. The maximum atomic E-state index is 12.1. The van der Waals surface area contributed by atoms with Gasteiger partial charge in [-0.15, -0.1) is 0 Å². The number of halogens is 3. The summed E-state index contributed by atoms with van der Waals surface area (Å²) in [6.07, 6.45) is 0. The Labute approximate surface area is 115 Å². The summed E-state index contributed by atoms with van der Waals surface area (Å²) >= 11 is -0.321. The molecule has 0 aliphatic carbocycles. The predicted octanol–water partition coefficient (Wildman–Crippen LogP) is 1.47. The molecule has 0 radical (unpaired) electrons. The second-order valence-corrected chi connectivity index (χ2v) is 4.76. The Hall–Kier alpha value is -1.74. The molecule has 0 bridgehead atoms. The number of benzene rings is 1. The average molecular weight is 309 g/mol. The molecule has 20 heavy (non-hydrogen) atoms. The van der Waals surface area contributed by atoms with Gasteiger partial charge in [0.25, 0.3) is 5.91 Å². The molecule has 0 fully saturated rings. The van der Waals surface area contributed by atoms with E-state index >= 15 is 0 Å². The van der Waals surface area contributed by atoms with Crippen molar-refractivity contribution in [2.45, 2.75) is 16.4 Å². The van der Waals surface area contributed by atoms with E-state index in [1.54, 1.807) is 0 Å². The zero-order valence-electron chi connectivity index (χ0n) is 9.85. The van der Waals surface area contributed by atoms with Crippen molar-refractivity contribution >= 4 is 23.6 Å². The maximum absolute atomic E-state index is 12.1. The molecule has 0 unspecified atom stereocenters. The molecule has 0 saturated carbocycles. The van der Waals surface area contributed by atoms with Crippen LogP contribution in [0.5, 0.6) is 0 Å². The number of carbonyl (C=O) groups is 2. The molecule has 0 aliphatic heterocycles. The molecule has 1 amide bonds. The normalized spacial score (nSPS) is 12.8. The van der Waals surface area contributed by atoms with Crippen LogP contribution in [-0.4, -0.2) is 40.2 Å². The Morgan fingerprint density at radius 2 is 1.80 bits per heavy atom. The SMILES string of the molecule is O=C(N[C@H](CO)C(=O)O)c1ccc(SC(F)(F)F)cc1. The maximum Gasteiger partial charge on any atom is 0.446 e. The van der Waals surface area contributed by atoms with E-state index in [0.29, 0.717) is 0 Å². The summed E-state index contributed by atoms with van der Waals surface area (Å²) in [7, 11) is 0. The minimum absolute atomic E-state index is 0.00350. The summed E-state index contributed by atoms with van der Waals surface area (Å²) in [5.74, 6) is -2.21. The summed E-state index contributed by atoms with van der Waals surface area (Å²) in [5.41, 5.74) is -4.43. The van der Waals surface area contributed by atoms with Gasteiger partial charge in [-0.25, -0.2) is 4.79 Å². The summed E-state index contributed by atoms with van der Waals surface area (Å²) in [5, 5.41) is 19.4. The Kier molecular flexibility index (Phi) is 5.40. The van der Waals surface area contributed by atoms with Crippen LogP contribution in [0, 0.1) is 0 Å². The van der Waals surface area contributed by atoms with Crippen LogP contribution in [0.15, 0.2) is 29.2 Å². The number of carbonyl (C=O) groups excluding carboxylic acids is 1. The molecule has 0 heterocycles. The highest BCUT2D eigenvalue weighted by Gasteiger charge is 2.29. The number of rotatable bonds is 5. The summed E-state index contributed by atoms with van der Waals surface area (Å²) in [4.78, 5) is 22.1. The second kappa shape index (κ2) is 6.62. The van der Waals surface area contributed by atoms with Gasteiger partial charge >= 0.3 is 11.5 Å². The van der Waals surface area contributed by atoms with Crippen molar-refractivity contribution in [3.8, 4) is 0 Å². The molecule has 0 saturated heterocycles. The first-order chi connectivity index (χ1) is 9.23. The van der Waals surface area contributed by atoms with Gasteiger partial charge in [0.1, 0.15) is 0 Å². The molecule has 1 atom stereocenters. The number of aliphatic hydroxyl groups excluding tert-OH is 1. The van der Waals surface area contributed by atoms with E-state index in [4.69, 9.17) is 10.2 Å². The lowest BCUT2D eigenvalue weighted by molar-refractivity contribution is -0.140. The number of amides is 1. The molecule has 0 aliphatic rings. The topological polar surface area (TPSA) is 86.6 Å². The van der Waals surface area contributed by atoms with Gasteiger partial charge in [-0.3, -0.25) is 4.79 Å². The van der Waals surface area contributed by atoms with Crippen LogP contribution in [-0.2, 0) is 4.79 Å². The smallest absolute Gasteiger partial charge is 0.446 e. The highest BCUT2D eigenvalue weighted by Crippen LogP contribution is 2.36. The third kappa shape index (κ3) is 5.10. The molecule has 1 aromatic rings. The largest absolute Gasteiger partial charge is 0.480 e. The molecule has 0 spiro atoms. The zero-order valence-corrected chi connectivity index (χ0v) is 10.7. The monoisotopic (exact) mass is 309 g/mol. The van der Waals surface area contributed by atoms with Crippen LogP contribution in [0.3, 0.4) is 0 Å². The third-order valence-corrected chi connectivity index (χ3v) is 2.88. The fourth-order valence-electron chi connectivity index (χ4n) is 1.24. The molecule has 3 N–H and O–H groups in total. The Morgan fingerprint density at radius 1 is 1.25 bits per heavy atom. The highest BCUT2D eigenvalue weighted by atomic mass is 32.2. The number of hydrogen-bond acceptors (Lipinski definition) is 4. The quantitative estimate of drug-likeness (QED) is 0.717. The molecule has 9 heteroatoms. The fourth-order valence-corrected chi connectivity index (χ4v) is 1.77. The first-order valence-electron chi connectivity index (χ1n) is 5.23. The van der Waals surface area contributed by atoms with Gasteiger partial charge in [-0.1, -0.05) is 0 Å². The standard InChI is InChI=1S/C11H10F3NO4S/c12-11(13,14)20-7-3-1-6(2-4-7)9(17)15-8(5-16)10(18)19/h1-4,8,16H,5H2,(H,15,17)(H,18,19)/t8-/m1/s1. The third-order valence-electron chi connectivity index (χ3n) is 2.14. The summed E-state index contributed by atoms with van der Waals surface area (Å²) in [6, 6.07) is 3.01. The van der Waals surface area contributed by atoms with Gasteiger partial charge in [0, 0.05) is 10.5 Å². The van der Waals surface area contributed by atoms with Crippen LogP contribution in [0.2, 0.25) is 0 Å². The van der Waals surface area contributed by atoms with Gasteiger partial charge in [0.2, 0.25) is 0 Å². The van der Waals surface area contributed by atoms with E-state index < -0.39 is 30.0 Å². The van der Waals surface area contributed by atoms with Crippen molar-refractivity contribution < 1.29 is 33.0 Å². The molecular formula is C11H10F3NO4S. The molecule has 5 nitrogen and oxygen atoms in total. The van der Waals surface area contributed by atoms with E-state index in [1.807, 2.05) is 5.32 Å². The van der Waals surface area contributed by atoms with Crippen molar-refractivity contribution in [2.24, 2.45) is 0 Å². The van der Waals surface area contributed by atoms with Gasteiger partial charge in [0.15, 0.2) is 6.04 Å². The van der Waals surface area contributed by atoms with Crippen molar-refractivity contribution in [3.05, 3.63) is 29.8 Å². The van der Waals surface area contributed by atoms with Gasteiger partial charge in [0.05, 0.1) is 6.61 Å². The first kappa shape index (κ1) is 16.3. The van der Waals surface area contributed by atoms with Crippen LogP contribution in [0.1, 0.15) is 10.4 Å². The van der Waals surface area contributed by atoms with Crippen LogP contribution < -0.4 is 5.32 Å². The van der Waals surface area contributed by atoms with E-state index in [0.717, 1.165) is 24.3 Å². The molecular weight excluding hydrogens is 299 g/mol. The predicted molar refractivity (Wildman–Crippen MR) is 64.3 cm³/mol. The molecule has 0 aromatic heterocycles. The molecule has 110 valence electrons. The van der Waals surface area contributed by atoms with Gasteiger partial charge in [-0.05, 0) is 36.0 Å². The number of aliphatic carboxylic acids is 1. The van der Waals surface area contributed by atoms with E-state index in [2.05, 4.69) is 0 Å². The van der Waals surface area contributed by atoms with E-state index in [9.17, 15) is 22.8 Å². The van der Waals surface area contributed by atoms with E-state index in [-0.39, 0.29) is 22.2 Å². The Bertz CT molecular complexity index is 489. The summed E-state index contributed by atoms with van der Waals surface area (Å²) in [6.45, 7) is -0.789. The van der Waals surface area contributed by atoms with Crippen LogP contribution >= 0.6 is 11.8 Å². The minimum Gasteiger partial charge on any atom is -0.480 e. The van der Waals surface area contributed by atoms with Crippen LogP contribution in [0.4, 0.5) is 13.2 Å². The number of carboxylic acids is 1. The number of carboxylic acid groups (broad SMARTS) is 1. The average Bonchev–Trinajstić information content (AvgIpc) is 2.34. The van der Waals surface area contributed by atoms with Gasteiger partial charge < -0.3 is 15.5 Å².